The summed E-state index contributed by atoms with van der Waals surface area (Å²) < 4.78 is 0. The highest BCUT2D eigenvalue weighted by molar-refractivity contribution is 4.99. The summed E-state index contributed by atoms with van der Waals surface area (Å²) in [5.74, 6) is 0.874. The van der Waals surface area contributed by atoms with Crippen LogP contribution in [0.4, 0.5) is 0 Å². The first kappa shape index (κ1) is 14.3. The molecule has 0 spiro atoms. The molecule has 2 saturated carbocycles. The molecule has 0 aromatic heterocycles. The van der Waals surface area contributed by atoms with Crippen molar-refractivity contribution in [3.05, 3.63) is 0 Å². The second-order valence-corrected chi connectivity index (χ2v) is 7.76. The largest absolute Gasteiger partial charge is 0.329 e. The average Bonchev–Trinajstić information content (AvgIpc) is 3.13. The molecule has 0 bridgehead atoms. The van der Waals surface area contributed by atoms with Crippen LogP contribution >= 0.6 is 0 Å². The van der Waals surface area contributed by atoms with Crippen molar-refractivity contribution in [1.82, 2.24) is 4.90 Å². The molecule has 2 heteroatoms. The van der Waals surface area contributed by atoms with Crippen molar-refractivity contribution >= 4 is 0 Å². The van der Waals surface area contributed by atoms with Crippen LogP contribution in [0.1, 0.15) is 65.7 Å². The van der Waals surface area contributed by atoms with Gasteiger partial charge in [0.15, 0.2) is 0 Å². The summed E-state index contributed by atoms with van der Waals surface area (Å²) in [6.45, 7) is 8.05. The molecule has 18 heavy (non-hydrogen) atoms. The Balaban J connectivity index is 2.05. The highest BCUT2D eigenvalue weighted by Gasteiger charge is 2.43. The Bertz CT molecular complexity index is 277. The van der Waals surface area contributed by atoms with Crippen LogP contribution in [0.3, 0.4) is 0 Å². The first-order valence-electron chi connectivity index (χ1n) is 7.82. The lowest BCUT2D eigenvalue weighted by atomic mass is 9.76. The van der Waals surface area contributed by atoms with Crippen LogP contribution in [0.25, 0.3) is 0 Å². The molecule has 2 rings (SSSR count). The van der Waals surface area contributed by atoms with Crippen molar-refractivity contribution in [1.29, 1.82) is 0 Å². The van der Waals surface area contributed by atoms with Gasteiger partial charge in [0.2, 0.25) is 0 Å². The van der Waals surface area contributed by atoms with E-state index in [4.69, 9.17) is 5.73 Å². The Morgan fingerprint density at radius 1 is 1.11 bits per heavy atom. The zero-order valence-electron chi connectivity index (χ0n) is 12.8. The lowest BCUT2D eigenvalue weighted by Gasteiger charge is -2.41. The molecule has 0 heterocycles. The third-order valence-corrected chi connectivity index (χ3v) is 5.60. The average molecular weight is 252 g/mol. The molecule has 0 saturated heterocycles. The van der Waals surface area contributed by atoms with Gasteiger partial charge in [-0.15, -0.1) is 0 Å². The Labute approximate surface area is 113 Å². The van der Waals surface area contributed by atoms with E-state index in [2.05, 4.69) is 32.7 Å². The molecule has 2 aliphatic rings. The molecule has 0 aromatic carbocycles. The zero-order chi connectivity index (χ0) is 13.4. The van der Waals surface area contributed by atoms with E-state index in [9.17, 15) is 0 Å². The number of hydrogen-bond donors (Lipinski definition) is 1. The van der Waals surface area contributed by atoms with Gasteiger partial charge in [-0.25, -0.2) is 0 Å². The van der Waals surface area contributed by atoms with Gasteiger partial charge in [0.05, 0.1) is 0 Å². The van der Waals surface area contributed by atoms with E-state index in [1.54, 1.807) is 0 Å². The summed E-state index contributed by atoms with van der Waals surface area (Å²) in [6, 6.07) is 0.833. The fourth-order valence-electron chi connectivity index (χ4n) is 3.81. The van der Waals surface area contributed by atoms with Gasteiger partial charge in [-0.3, -0.25) is 4.90 Å². The minimum absolute atomic E-state index is 0.307. The Morgan fingerprint density at radius 3 is 2.28 bits per heavy atom. The number of nitrogens with zero attached hydrogens (tertiary/aromatic N) is 1. The van der Waals surface area contributed by atoms with E-state index in [1.165, 1.54) is 44.9 Å². The first-order valence-corrected chi connectivity index (χ1v) is 7.82. The van der Waals surface area contributed by atoms with E-state index in [0.29, 0.717) is 11.0 Å². The lowest BCUT2D eigenvalue weighted by Crippen LogP contribution is -2.52. The molecule has 2 nitrogen and oxygen atoms in total. The van der Waals surface area contributed by atoms with E-state index >= 15 is 0 Å². The molecule has 2 atom stereocenters. The fourth-order valence-corrected chi connectivity index (χ4v) is 3.81. The predicted molar refractivity (Wildman–Crippen MR) is 78.6 cm³/mol. The predicted octanol–water partition coefficient (Wildman–Crippen LogP) is 3.40. The Kier molecular flexibility index (Phi) is 4.08. The highest BCUT2D eigenvalue weighted by Crippen LogP contribution is 2.43. The van der Waals surface area contributed by atoms with Gasteiger partial charge in [0.25, 0.3) is 0 Å². The van der Waals surface area contributed by atoms with E-state index in [1.807, 2.05) is 0 Å². The number of nitrogens with two attached hydrogens (primary N) is 1. The summed E-state index contributed by atoms with van der Waals surface area (Å²) >= 11 is 0. The molecule has 0 amide bonds. The summed E-state index contributed by atoms with van der Waals surface area (Å²) in [7, 11) is 2.32. The van der Waals surface area contributed by atoms with Gasteiger partial charge < -0.3 is 5.73 Å². The molecule has 0 radical (unpaired) electrons. The van der Waals surface area contributed by atoms with Crippen LogP contribution in [0, 0.1) is 11.3 Å². The third kappa shape index (κ3) is 2.91. The maximum atomic E-state index is 6.19. The SMILES string of the molecule is CN(C1CC1)C1(CN)CCCC(C(C)(C)C)CC1. The fraction of sp³-hybridized carbons (Fsp3) is 1.00. The highest BCUT2D eigenvalue weighted by atomic mass is 15.2. The van der Waals surface area contributed by atoms with Crippen molar-refractivity contribution < 1.29 is 0 Å². The lowest BCUT2D eigenvalue weighted by molar-refractivity contribution is 0.0945. The van der Waals surface area contributed by atoms with E-state index < -0.39 is 0 Å². The maximum Gasteiger partial charge on any atom is 0.0331 e. The first-order chi connectivity index (χ1) is 8.39. The third-order valence-electron chi connectivity index (χ3n) is 5.60. The summed E-state index contributed by atoms with van der Waals surface area (Å²) in [5, 5.41) is 0. The second kappa shape index (κ2) is 5.13. The number of hydrogen-bond acceptors (Lipinski definition) is 2. The summed E-state index contributed by atoms with van der Waals surface area (Å²) in [4.78, 5) is 2.64. The Hall–Kier alpha value is -0.0800. The number of likely N-dealkylation sites (N-methyl/N-ethyl adjacent to an activating group) is 1. The van der Waals surface area contributed by atoms with Crippen molar-refractivity contribution in [2.24, 2.45) is 17.1 Å². The quantitative estimate of drug-likeness (QED) is 0.780. The van der Waals surface area contributed by atoms with Gasteiger partial charge >= 0.3 is 0 Å². The van der Waals surface area contributed by atoms with Crippen LogP contribution in [0.5, 0.6) is 0 Å². The van der Waals surface area contributed by atoms with Crippen LogP contribution < -0.4 is 5.73 Å². The van der Waals surface area contributed by atoms with Gasteiger partial charge in [-0.05, 0) is 56.9 Å². The summed E-state index contributed by atoms with van der Waals surface area (Å²) in [6.07, 6.45) is 9.50. The Morgan fingerprint density at radius 2 is 1.78 bits per heavy atom. The second-order valence-electron chi connectivity index (χ2n) is 7.76. The topological polar surface area (TPSA) is 29.3 Å². The molecule has 2 aliphatic carbocycles. The van der Waals surface area contributed by atoms with Gasteiger partial charge in [0.1, 0.15) is 0 Å². The van der Waals surface area contributed by atoms with E-state index in [0.717, 1.165) is 18.5 Å². The molecule has 2 N–H and O–H groups in total. The van der Waals surface area contributed by atoms with Crippen LogP contribution in [0.15, 0.2) is 0 Å². The van der Waals surface area contributed by atoms with Gasteiger partial charge in [-0.1, -0.05) is 27.2 Å². The van der Waals surface area contributed by atoms with Crippen LogP contribution in [-0.4, -0.2) is 30.1 Å². The van der Waals surface area contributed by atoms with E-state index in [-0.39, 0.29) is 0 Å². The standard InChI is InChI=1S/C16H32N2/c1-15(2,3)13-6-5-10-16(12-17,11-9-13)18(4)14-7-8-14/h13-14H,5-12,17H2,1-4H3. The normalized spacial score (nSPS) is 34.7. The maximum absolute atomic E-state index is 6.19. The molecule has 2 fully saturated rings. The zero-order valence-corrected chi connectivity index (χ0v) is 12.8. The van der Waals surface area contributed by atoms with Crippen molar-refractivity contribution in [2.75, 3.05) is 13.6 Å². The molecule has 2 unspecified atom stereocenters. The summed E-state index contributed by atoms with van der Waals surface area (Å²) in [5.41, 5.74) is 6.95. The van der Waals surface area contributed by atoms with Crippen LogP contribution in [0.2, 0.25) is 0 Å². The van der Waals surface area contributed by atoms with Crippen LogP contribution in [-0.2, 0) is 0 Å². The molecule has 0 aromatic rings. The van der Waals surface area contributed by atoms with Crippen molar-refractivity contribution in [3.63, 3.8) is 0 Å². The van der Waals surface area contributed by atoms with Crippen molar-refractivity contribution in [3.8, 4) is 0 Å². The minimum Gasteiger partial charge on any atom is -0.329 e. The number of rotatable bonds is 3. The monoisotopic (exact) mass is 252 g/mol. The molecule has 106 valence electrons. The smallest absolute Gasteiger partial charge is 0.0331 e. The molecular formula is C16H32N2. The minimum atomic E-state index is 0.307. The molecule has 0 aliphatic heterocycles. The van der Waals surface area contributed by atoms with Crippen molar-refractivity contribution in [2.45, 2.75) is 77.3 Å². The van der Waals surface area contributed by atoms with Gasteiger partial charge in [0, 0.05) is 18.1 Å². The van der Waals surface area contributed by atoms with Gasteiger partial charge in [-0.2, -0.15) is 0 Å². The molecular weight excluding hydrogens is 220 g/mol.